The molecule has 3 heteroatoms. The summed E-state index contributed by atoms with van der Waals surface area (Å²) < 4.78 is 11.8. The van der Waals surface area contributed by atoms with Crippen molar-refractivity contribution >= 4 is 11.8 Å². The minimum absolute atomic E-state index is 0.165. The Morgan fingerprint density at radius 1 is 0.826 bits per heavy atom. The van der Waals surface area contributed by atoms with Gasteiger partial charge in [0.25, 0.3) is 0 Å². The van der Waals surface area contributed by atoms with Gasteiger partial charge in [0.1, 0.15) is 17.2 Å². The van der Waals surface area contributed by atoms with Gasteiger partial charge in [0.15, 0.2) is 0 Å². The normalized spacial score (nSPS) is 16.7. The number of fused-ring (bicyclic) bond motifs is 4. The van der Waals surface area contributed by atoms with Crippen LogP contribution in [0.2, 0.25) is 0 Å². The predicted octanol–water partition coefficient (Wildman–Crippen LogP) is 5.45. The molecular formula is C20H14O2S. The lowest BCUT2D eigenvalue weighted by molar-refractivity contribution is 0.392. The van der Waals surface area contributed by atoms with Gasteiger partial charge in [-0.1, -0.05) is 42.1 Å². The first-order chi connectivity index (χ1) is 11.4. The summed E-state index contributed by atoms with van der Waals surface area (Å²) in [6, 6.07) is 20.9. The fourth-order valence-electron chi connectivity index (χ4n) is 3.57. The third-order valence-corrected chi connectivity index (χ3v) is 5.69. The molecule has 1 atom stereocenters. The van der Waals surface area contributed by atoms with Gasteiger partial charge in [-0.25, -0.2) is 0 Å². The van der Waals surface area contributed by atoms with Crippen LogP contribution in [-0.2, 0) is 0 Å². The van der Waals surface area contributed by atoms with Crippen molar-refractivity contribution in [2.24, 2.45) is 0 Å². The Balaban J connectivity index is 1.88. The summed E-state index contributed by atoms with van der Waals surface area (Å²) in [4.78, 5) is 2.57. The van der Waals surface area contributed by atoms with Gasteiger partial charge in [0, 0.05) is 26.8 Å². The summed E-state index contributed by atoms with van der Waals surface area (Å²) >= 11 is 1.82. The summed E-state index contributed by atoms with van der Waals surface area (Å²) in [5.74, 6) is 2.89. The predicted molar refractivity (Wildman–Crippen MR) is 91.0 cm³/mol. The average Bonchev–Trinajstić information content (AvgIpc) is 2.61. The van der Waals surface area contributed by atoms with Gasteiger partial charge in [-0.05, 0) is 35.9 Å². The molecule has 2 aliphatic heterocycles. The topological polar surface area (TPSA) is 18.5 Å². The fraction of sp³-hybridized carbons (Fsp3) is 0.100. The van der Waals surface area contributed by atoms with Gasteiger partial charge < -0.3 is 9.47 Å². The van der Waals surface area contributed by atoms with Gasteiger partial charge in [-0.2, -0.15) is 0 Å². The van der Waals surface area contributed by atoms with Crippen LogP contribution >= 0.6 is 11.8 Å². The molecule has 0 fully saturated rings. The van der Waals surface area contributed by atoms with Crippen LogP contribution < -0.4 is 9.47 Å². The van der Waals surface area contributed by atoms with E-state index < -0.39 is 0 Å². The fourth-order valence-corrected chi connectivity index (χ4v) is 4.73. The van der Waals surface area contributed by atoms with Gasteiger partial charge in [-0.15, -0.1) is 0 Å². The smallest absolute Gasteiger partial charge is 0.135 e. The summed E-state index contributed by atoms with van der Waals surface area (Å²) in [5, 5.41) is 0. The Bertz CT molecular complexity index is 918. The van der Waals surface area contributed by atoms with Crippen LogP contribution in [0.5, 0.6) is 17.2 Å². The molecule has 3 aromatic rings. The molecule has 0 bridgehead atoms. The van der Waals surface area contributed by atoms with E-state index in [4.69, 9.17) is 9.47 Å². The van der Waals surface area contributed by atoms with E-state index in [1.807, 2.05) is 30.0 Å². The molecule has 0 radical (unpaired) electrons. The van der Waals surface area contributed by atoms with E-state index in [1.54, 1.807) is 7.11 Å². The Morgan fingerprint density at radius 2 is 1.57 bits per heavy atom. The maximum Gasteiger partial charge on any atom is 0.135 e. The van der Waals surface area contributed by atoms with Crippen LogP contribution in [0.4, 0.5) is 0 Å². The Hall–Kier alpha value is -2.39. The lowest BCUT2D eigenvalue weighted by Gasteiger charge is -2.35. The van der Waals surface area contributed by atoms with Crippen molar-refractivity contribution in [2.75, 3.05) is 7.11 Å². The second-order valence-corrected chi connectivity index (χ2v) is 6.80. The zero-order valence-electron chi connectivity index (χ0n) is 12.6. The van der Waals surface area contributed by atoms with Crippen LogP contribution in [-0.4, -0.2) is 7.11 Å². The molecule has 112 valence electrons. The minimum Gasteiger partial charge on any atom is -0.496 e. The zero-order valence-corrected chi connectivity index (χ0v) is 13.4. The summed E-state index contributed by atoms with van der Waals surface area (Å²) in [6.45, 7) is 0. The first kappa shape index (κ1) is 13.1. The van der Waals surface area contributed by atoms with Gasteiger partial charge in [0.2, 0.25) is 0 Å². The van der Waals surface area contributed by atoms with E-state index in [1.165, 1.54) is 20.9 Å². The molecule has 0 spiro atoms. The molecular weight excluding hydrogens is 304 g/mol. The molecule has 2 heterocycles. The Kier molecular flexibility index (Phi) is 2.73. The minimum atomic E-state index is 0.165. The lowest BCUT2D eigenvalue weighted by atomic mass is 9.81. The highest BCUT2D eigenvalue weighted by atomic mass is 32.2. The van der Waals surface area contributed by atoms with E-state index in [0.29, 0.717) is 0 Å². The molecule has 2 nitrogen and oxygen atoms in total. The van der Waals surface area contributed by atoms with Crippen molar-refractivity contribution in [1.29, 1.82) is 0 Å². The molecule has 0 aliphatic carbocycles. The first-order valence-electron chi connectivity index (χ1n) is 7.61. The summed E-state index contributed by atoms with van der Waals surface area (Å²) in [7, 11) is 1.72. The second-order valence-electron chi connectivity index (χ2n) is 5.72. The quantitative estimate of drug-likeness (QED) is 0.410. The highest BCUT2D eigenvalue weighted by molar-refractivity contribution is 7.99. The zero-order chi connectivity index (χ0) is 15.4. The average molecular weight is 318 g/mol. The molecule has 0 saturated carbocycles. The molecule has 23 heavy (non-hydrogen) atoms. The number of ether oxygens (including phenoxy) is 2. The van der Waals surface area contributed by atoms with Crippen LogP contribution in [0.3, 0.4) is 0 Å². The van der Waals surface area contributed by atoms with E-state index in [-0.39, 0.29) is 5.92 Å². The molecule has 0 amide bonds. The Labute approximate surface area is 139 Å². The number of benzene rings is 3. The van der Waals surface area contributed by atoms with Gasteiger partial charge in [0.05, 0.1) is 7.11 Å². The third kappa shape index (κ3) is 1.77. The number of hydrogen-bond donors (Lipinski definition) is 0. The van der Waals surface area contributed by atoms with Crippen molar-refractivity contribution in [1.82, 2.24) is 0 Å². The summed E-state index contributed by atoms with van der Waals surface area (Å²) in [6.07, 6.45) is 0. The van der Waals surface area contributed by atoms with E-state index in [2.05, 4.69) is 42.5 Å². The molecule has 0 aromatic heterocycles. The molecule has 2 aliphatic rings. The maximum absolute atomic E-state index is 6.19. The molecule has 0 unspecified atom stereocenters. The van der Waals surface area contributed by atoms with Crippen molar-refractivity contribution in [3.05, 3.63) is 77.4 Å². The standard InChI is InChI=1S/C20H14O2S/c1-21-13-7-4-8-14-19(13)18-12-6-2-3-10-16(12)23-17-11-5-9-15(22-14)20(17)18/h2-11,18H,1H3/t18-/m0/s1. The third-order valence-electron chi connectivity index (χ3n) is 4.52. The molecule has 3 aromatic carbocycles. The number of rotatable bonds is 1. The molecule has 0 saturated heterocycles. The second kappa shape index (κ2) is 4.80. The number of hydrogen-bond acceptors (Lipinski definition) is 3. The monoisotopic (exact) mass is 318 g/mol. The highest BCUT2D eigenvalue weighted by Gasteiger charge is 2.37. The molecule has 5 rings (SSSR count). The first-order valence-corrected chi connectivity index (χ1v) is 8.43. The van der Waals surface area contributed by atoms with Crippen LogP contribution in [0.1, 0.15) is 22.6 Å². The highest BCUT2D eigenvalue weighted by Crippen LogP contribution is 2.58. The van der Waals surface area contributed by atoms with Crippen molar-refractivity contribution in [2.45, 2.75) is 15.7 Å². The van der Waals surface area contributed by atoms with Crippen LogP contribution in [0.25, 0.3) is 0 Å². The van der Waals surface area contributed by atoms with Crippen molar-refractivity contribution in [3.63, 3.8) is 0 Å². The van der Waals surface area contributed by atoms with E-state index in [9.17, 15) is 0 Å². The van der Waals surface area contributed by atoms with Crippen LogP contribution in [0, 0.1) is 0 Å². The number of methoxy groups -OCH3 is 1. The van der Waals surface area contributed by atoms with E-state index >= 15 is 0 Å². The Morgan fingerprint density at radius 3 is 2.43 bits per heavy atom. The van der Waals surface area contributed by atoms with Gasteiger partial charge in [-0.3, -0.25) is 0 Å². The van der Waals surface area contributed by atoms with Crippen LogP contribution in [0.15, 0.2) is 70.5 Å². The molecule has 0 N–H and O–H groups in total. The largest absolute Gasteiger partial charge is 0.496 e. The summed E-state index contributed by atoms with van der Waals surface area (Å²) in [5.41, 5.74) is 3.71. The lowest BCUT2D eigenvalue weighted by Crippen LogP contribution is -2.17. The maximum atomic E-state index is 6.19. The van der Waals surface area contributed by atoms with E-state index in [0.717, 1.165) is 22.8 Å². The SMILES string of the molecule is COc1cccc2c1[C@@H]1c3ccccc3Sc3cccc(c31)O2. The van der Waals surface area contributed by atoms with Gasteiger partial charge >= 0.3 is 0 Å². The van der Waals surface area contributed by atoms with Crippen molar-refractivity contribution < 1.29 is 9.47 Å². The van der Waals surface area contributed by atoms with Crippen molar-refractivity contribution in [3.8, 4) is 17.2 Å².